The van der Waals surface area contributed by atoms with Crippen LogP contribution in [-0.4, -0.2) is 31.1 Å². The van der Waals surface area contributed by atoms with Gasteiger partial charge in [-0.1, -0.05) is 6.07 Å². The van der Waals surface area contributed by atoms with E-state index in [2.05, 4.69) is 5.32 Å². The number of amides is 1. The van der Waals surface area contributed by atoms with Crippen LogP contribution in [0.25, 0.3) is 0 Å². The molecule has 1 aliphatic heterocycles. The summed E-state index contributed by atoms with van der Waals surface area (Å²) in [6.07, 6.45) is 3.47. The summed E-state index contributed by atoms with van der Waals surface area (Å²) >= 11 is 0. The topological polar surface area (TPSA) is 89.5 Å². The highest BCUT2D eigenvalue weighted by Gasteiger charge is 2.57. The standard InChI is InChI=1S/C24H22F3NO5S/c25-18-9-16(10-19(26)21(18)27)28-23(30)13-2-1-3-17(8-13)34(31,32)22-14-4-5-15(22)12-24(11-14)7-6-20(29)33-24/h1-3,8-10,14-15,22H,4-7,11-12H2,(H,28,30)/t14-,15?,22+,24+/m0/s1. The van der Waals surface area contributed by atoms with Crippen LogP contribution >= 0.6 is 0 Å². The summed E-state index contributed by atoms with van der Waals surface area (Å²) in [7, 11) is -3.80. The van der Waals surface area contributed by atoms with Gasteiger partial charge in [0.15, 0.2) is 27.3 Å². The Morgan fingerprint density at radius 2 is 1.68 bits per heavy atom. The van der Waals surface area contributed by atoms with Gasteiger partial charge in [-0.25, -0.2) is 21.6 Å². The first-order chi connectivity index (χ1) is 16.1. The SMILES string of the molecule is O=C1CC[C@@]2(CC3CC[C@@H](C2)[C@H]3S(=O)(=O)c2cccc(C(=O)Nc3cc(F)c(F)c(F)c3)c2)O1. The van der Waals surface area contributed by atoms with Gasteiger partial charge in [-0.2, -0.15) is 0 Å². The van der Waals surface area contributed by atoms with E-state index in [4.69, 9.17) is 4.74 Å². The third-order valence-corrected chi connectivity index (χ3v) is 9.64. The molecule has 2 aromatic carbocycles. The number of anilines is 1. The summed E-state index contributed by atoms with van der Waals surface area (Å²) in [5.41, 5.74) is -0.872. The second kappa shape index (κ2) is 8.11. The number of hydrogen-bond acceptors (Lipinski definition) is 5. The maximum atomic E-state index is 13.6. The maximum Gasteiger partial charge on any atom is 0.306 e. The molecule has 0 radical (unpaired) electrons. The molecule has 10 heteroatoms. The average Bonchev–Trinajstić information content (AvgIpc) is 3.29. The minimum Gasteiger partial charge on any atom is -0.459 e. The summed E-state index contributed by atoms with van der Waals surface area (Å²) in [5, 5.41) is 1.63. The van der Waals surface area contributed by atoms with Gasteiger partial charge in [0.2, 0.25) is 0 Å². The number of nitrogens with one attached hydrogen (secondary N) is 1. The molecule has 180 valence electrons. The van der Waals surface area contributed by atoms with Crippen molar-refractivity contribution < 1.29 is 35.9 Å². The highest BCUT2D eigenvalue weighted by Crippen LogP contribution is 2.54. The van der Waals surface area contributed by atoms with Gasteiger partial charge in [0.05, 0.1) is 10.1 Å². The number of esters is 1. The maximum absolute atomic E-state index is 13.6. The molecule has 3 aliphatic rings. The van der Waals surface area contributed by atoms with E-state index in [1.807, 2.05) is 0 Å². The molecule has 1 amide bonds. The first kappa shape index (κ1) is 22.9. The molecule has 5 rings (SSSR count). The Morgan fingerprint density at radius 3 is 2.26 bits per heavy atom. The fourth-order valence-corrected chi connectivity index (χ4v) is 8.24. The molecule has 0 aromatic heterocycles. The van der Waals surface area contributed by atoms with Crippen molar-refractivity contribution in [3.63, 3.8) is 0 Å². The van der Waals surface area contributed by atoms with Crippen LogP contribution in [0, 0.1) is 29.3 Å². The summed E-state index contributed by atoms with van der Waals surface area (Å²) < 4.78 is 72.9. The van der Waals surface area contributed by atoms with E-state index in [1.165, 1.54) is 24.3 Å². The highest BCUT2D eigenvalue weighted by molar-refractivity contribution is 7.92. The number of sulfone groups is 1. The molecule has 1 spiro atoms. The molecule has 34 heavy (non-hydrogen) atoms. The van der Waals surface area contributed by atoms with Gasteiger partial charge in [0.1, 0.15) is 5.60 Å². The van der Waals surface area contributed by atoms with Crippen molar-refractivity contribution in [2.75, 3.05) is 5.32 Å². The van der Waals surface area contributed by atoms with Gasteiger partial charge >= 0.3 is 5.97 Å². The third-order valence-electron chi connectivity index (χ3n) is 7.25. The zero-order valence-electron chi connectivity index (χ0n) is 18.0. The first-order valence-electron chi connectivity index (χ1n) is 11.1. The third kappa shape index (κ3) is 3.87. The lowest BCUT2D eigenvalue weighted by molar-refractivity contribution is -0.152. The molecule has 1 unspecified atom stereocenters. The number of ether oxygens (including phenoxy) is 1. The fourth-order valence-electron chi connectivity index (χ4n) is 5.89. The van der Waals surface area contributed by atoms with Crippen LogP contribution in [0.5, 0.6) is 0 Å². The lowest BCUT2D eigenvalue weighted by atomic mass is 9.76. The van der Waals surface area contributed by atoms with Crippen LogP contribution in [0.1, 0.15) is 48.9 Å². The predicted octanol–water partition coefficient (Wildman–Crippen LogP) is 4.39. The van der Waals surface area contributed by atoms with Crippen LogP contribution in [0.3, 0.4) is 0 Å². The molecule has 6 nitrogen and oxygen atoms in total. The van der Waals surface area contributed by atoms with Gasteiger partial charge < -0.3 is 10.1 Å². The number of fused-ring (bicyclic) bond motifs is 2. The van der Waals surface area contributed by atoms with Crippen molar-refractivity contribution in [1.82, 2.24) is 0 Å². The van der Waals surface area contributed by atoms with Crippen LogP contribution in [-0.2, 0) is 19.4 Å². The zero-order valence-corrected chi connectivity index (χ0v) is 18.8. The normalized spacial score (nSPS) is 28.2. The number of carbonyl (C=O) groups excluding carboxylic acids is 2. The number of halogens is 3. The van der Waals surface area contributed by atoms with Crippen molar-refractivity contribution in [2.24, 2.45) is 11.8 Å². The van der Waals surface area contributed by atoms with Crippen molar-refractivity contribution in [3.05, 3.63) is 59.4 Å². The monoisotopic (exact) mass is 493 g/mol. The van der Waals surface area contributed by atoms with E-state index >= 15 is 0 Å². The van der Waals surface area contributed by atoms with Crippen LogP contribution < -0.4 is 5.32 Å². The van der Waals surface area contributed by atoms with Crippen molar-refractivity contribution in [3.8, 4) is 0 Å². The van der Waals surface area contributed by atoms with Gasteiger partial charge in [0, 0.05) is 29.8 Å². The molecule has 2 aromatic rings. The van der Waals surface area contributed by atoms with Crippen LogP contribution in [0.15, 0.2) is 41.3 Å². The number of hydrogen-bond donors (Lipinski definition) is 1. The summed E-state index contributed by atoms with van der Waals surface area (Å²) in [4.78, 5) is 24.3. The number of rotatable bonds is 4. The largest absolute Gasteiger partial charge is 0.459 e. The molecule has 1 saturated heterocycles. The molecular formula is C24H22F3NO5S. The summed E-state index contributed by atoms with van der Waals surface area (Å²) in [5.74, 6) is -5.86. The Bertz CT molecular complexity index is 1260. The van der Waals surface area contributed by atoms with Gasteiger partial charge in [0.25, 0.3) is 5.91 Å². The van der Waals surface area contributed by atoms with E-state index in [0.717, 1.165) is 12.8 Å². The Balaban J connectivity index is 1.38. The van der Waals surface area contributed by atoms with E-state index < -0.39 is 44.0 Å². The molecule has 2 bridgehead atoms. The molecule has 2 aliphatic carbocycles. The minimum absolute atomic E-state index is 0.0158. The van der Waals surface area contributed by atoms with E-state index in [9.17, 15) is 31.2 Å². The molecule has 1 heterocycles. The molecule has 3 fully saturated rings. The first-order valence-corrected chi connectivity index (χ1v) is 12.6. The predicted molar refractivity (Wildman–Crippen MR) is 115 cm³/mol. The van der Waals surface area contributed by atoms with E-state index in [1.54, 1.807) is 0 Å². The second-order valence-corrected chi connectivity index (χ2v) is 11.5. The van der Waals surface area contributed by atoms with Gasteiger partial charge in [-0.05, 0) is 62.1 Å². The highest BCUT2D eigenvalue weighted by atomic mass is 32.2. The molecule has 4 atom stereocenters. The quantitative estimate of drug-likeness (QED) is 0.504. The minimum atomic E-state index is -3.80. The number of carbonyl (C=O) groups is 2. The smallest absolute Gasteiger partial charge is 0.306 e. The van der Waals surface area contributed by atoms with E-state index in [0.29, 0.717) is 37.8 Å². The Labute approximate surface area is 194 Å². The zero-order chi connectivity index (χ0) is 24.3. The number of benzene rings is 2. The molecular weight excluding hydrogens is 471 g/mol. The fraction of sp³-hybridized carbons (Fsp3) is 0.417. The Hall–Kier alpha value is -2.88. The summed E-state index contributed by atoms with van der Waals surface area (Å²) in [6.45, 7) is 0. The summed E-state index contributed by atoms with van der Waals surface area (Å²) in [6, 6.07) is 6.75. The van der Waals surface area contributed by atoms with E-state index in [-0.39, 0.29) is 34.0 Å². The van der Waals surface area contributed by atoms with Gasteiger partial charge in [-0.3, -0.25) is 9.59 Å². The van der Waals surface area contributed by atoms with Crippen LogP contribution in [0.2, 0.25) is 0 Å². The van der Waals surface area contributed by atoms with Crippen molar-refractivity contribution in [1.29, 1.82) is 0 Å². The van der Waals surface area contributed by atoms with Crippen molar-refractivity contribution >= 4 is 27.4 Å². The van der Waals surface area contributed by atoms with Gasteiger partial charge in [-0.15, -0.1) is 0 Å². The lowest BCUT2D eigenvalue weighted by Gasteiger charge is -2.40. The van der Waals surface area contributed by atoms with Crippen LogP contribution in [0.4, 0.5) is 18.9 Å². The second-order valence-electron chi connectivity index (χ2n) is 9.41. The molecule has 2 saturated carbocycles. The average molecular weight is 494 g/mol. The Morgan fingerprint density at radius 1 is 1.03 bits per heavy atom. The molecule has 1 N–H and O–H groups in total. The van der Waals surface area contributed by atoms with Crippen molar-refractivity contribution in [2.45, 2.75) is 54.3 Å². The lowest BCUT2D eigenvalue weighted by Crippen LogP contribution is -2.46. The Kier molecular flexibility index (Phi) is 5.46.